The summed E-state index contributed by atoms with van der Waals surface area (Å²) in [6, 6.07) is 0. The molecule has 122 valence electrons. The van der Waals surface area contributed by atoms with E-state index in [-0.39, 0.29) is 13.2 Å². The van der Waals surface area contributed by atoms with Crippen LogP contribution in [0.4, 0.5) is 0 Å². The zero-order valence-electron chi connectivity index (χ0n) is 13.5. The number of rotatable bonds is 11. The Bertz CT molecular complexity index is 350. The van der Waals surface area contributed by atoms with Gasteiger partial charge in [-0.3, -0.25) is 0 Å². The van der Waals surface area contributed by atoms with Gasteiger partial charge in [0.2, 0.25) is 5.79 Å². The van der Waals surface area contributed by atoms with Gasteiger partial charge in [0.05, 0.1) is 12.9 Å². The van der Waals surface area contributed by atoms with E-state index in [1.54, 1.807) is 34.6 Å². The Balaban J connectivity index is 3.88. The summed E-state index contributed by atoms with van der Waals surface area (Å²) in [5.41, 5.74) is 0.353. The summed E-state index contributed by atoms with van der Waals surface area (Å²) in [6.07, 6.45) is 0.263. The second-order valence-electron chi connectivity index (χ2n) is 4.86. The summed E-state index contributed by atoms with van der Waals surface area (Å²) in [5, 5.41) is 0. The van der Waals surface area contributed by atoms with Gasteiger partial charge in [-0.2, -0.15) is 0 Å². The van der Waals surface area contributed by atoms with Crippen LogP contribution in [0.2, 0.25) is 0 Å². The van der Waals surface area contributed by atoms with Crippen molar-refractivity contribution in [2.24, 2.45) is 0 Å². The average Bonchev–Trinajstić information content (AvgIpc) is 2.32. The predicted molar refractivity (Wildman–Crippen MR) is 78.2 cm³/mol. The minimum atomic E-state index is -0.835. The second-order valence-corrected chi connectivity index (χ2v) is 4.86. The van der Waals surface area contributed by atoms with Crippen LogP contribution >= 0.6 is 0 Å². The summed E-state index contributed by atoms with van der Waals surface area (Å²) >= 11 is 0. The molecular weight excluding hydrogens is 276 g/mol. The van der Waals surface area contributed by atoms with Crippen molar-refractivity contribution in [1.29, 1.82) is 0 Å². The van der Waals surface area contributed by atoms with Crippen molar-refractivity contribution in [2.45, 2.75) is 53.0 Å². The number of hydrogen-bond donors (Lipinski definition) is 0. The van der Waals surface area contributed by atoms with Crippen LogP contribution in [0.1, 0.15) is 34.6 Å². The molecule has 0 heterocycles. The average molecular weight is 302 g/mol. The lowest BCUT2D eigenvalue weighted by Gasteiger charge is -2.29. The highest BCUT2D eigenvalue weighted by Gasteiger charge is 2.23. The molecule has 0 N–H and O–H groups in total. The number of ether oxygens (including phenoxy) is 5. The molecule has 6 nitrogen and oxygen atoms in total. The van der Waals surface area contributed by atoms with E-state index in [2.05, 4.69) is 13.2 Å². The molecule has 0 spiro atoms. The van der Waals surface area contributed by atoms with Crippen LogP contribution < -0.4 is 0 Å². The van der Waals surface area contributed by atoms with E-state index in [1.165, 1.54) is 6.26 Å². The first-order valence-electron chi connectivity index (χ1n) is 6.74. The molecule has 0 aliphatic heterocycles. The number of carbonyl (C=O) groups excluding carboxylic acids is 1. The van der Waals surface area contributed by atoms with E-state index >= 15 is 0 Å². The van der Waals surface area contributed by atoms with Crippen LogP contribution in [-0.4, -0.2) is 37.6 Å². The Hall–Kier alpha value is -1.37. The summed E-state index contributed by atoms with van der Waals surface area (Å²) in [7, 11) is 0. The number of hydrogen-bond acceptors (Lipinski definition) is 6. The van der Waals surface area contributed by atoms with Crippen LogP contribution in [-0.2, 0) is 28.5 Å². The van der Waals surface area contributed by atoms with Crippen molar-refractivity contribution in [2.75, 3.05) is 13.2 Å². The minimum absolute atomic E-state index is 0.139. The molecule has 2 unspecified atom stereocenters. The van der Waals surface area contributed by atoms with Crippen molar-refractivity contribution in [3.8, 4) is 0 Å². The molecule has 0 fully saturated rings. The molecule has 0 bridgehead atoms. The molecule has 0 rings (SSSR count). The van der Waals surface area contributed by atoms with E-state index in [0.29, 0.717) is 5.57 Å². The second kappa shape index (κ2) is 9.55. The Kier molecular flexibility index (Phi) is 8.92. The molecule has 0 radical (unpaired) electrons. The molecular formula is C15H26O6. The fourth-order valence-electron chi connectivity index (χ4n) is 1.44. The molecule has 21 heavy (non-hydrogen) atoms. The molecule has 0 aromatic carbocycles. The molecule has 0 aliphatic rings. The lowest BCUT2D eigenvalue weighted by molar-refractivity contribution is -0.306. The van der Waals surface area contributed by atoms with E-state index in [1.807, 2.05) is 0 Å². The van der Waals surface area contributed by atoms with Crippen molar-refractivity contribution >= 4 is 5.97 Å². The zero-order chi connectivity index (χ0) is 16.5. The third-order valence-corrected chi connectivity index (χ3v) is 2.22. The molecule has 0 aromatic rings. The standard InChI is InChI=1S/C15H26O6/c1-8-19-15(6,7)21-13(5)20-12(4)17-9-10-18-14(16)11(2)3/h8,12-13H,1-2,9-10H2,3-7H3. The summed E-state index contributed by atoms with van der Waals surface area (Å²) in [5.74, 6) is -1.27. The third-order valence-electron chi connectivity index (χ3n) is 2.22. The van der Waals surface area contributed by atoms with E-state index in [9.17, 15) is 4.79 Å². The van der Waals surface area contributed by atoms with Crippen LogP contribution in [0.15, 0.2) is 25.0 Å². The Labute approximate surface area is 126 Å². The van der Waals surface area contributed by atoms with Gasteiger partial charge in [0.15, 0.2) is 12.6 Å². The smallest absolute Gasteiger partial charge is 0.333 e. The number of esters is 1. The highest BCUT2D eigenvalue weighted by molar-refractivity contribution is 5.86. The lowest BCUT2D eigenvalue weighted by Crippen LogP contribution is -2.34. The predicted octanol–water partition coefficient (Wildman–Crippen LogP) is 2.74. The molecule has 2 atom stereocenters. The third kappa shape index (κ3) is 10.1. The normalized spacial score (nSPS) is 14.1. The van der Waals surface area contributed by atoms with E-state index < -0.39 is 24.3 Å². The first-order valence-corrected chi connectivity index (χ1v) is 6.74. The minimum Gasteiger partial charge on any atom is -0.471 e. The van der Waals surface area contributed by atoms with Crippen molar-refractivity contribution in [3.63, 3.8) is 0 Å². The van der Waals surface area contributed by atoms with E-state index in [0.717, 1.165) is 0 Å². The van der Waals surface area contributed by atoms with Crippen LogP contribution in [0.5, 0.6) is 0 Å². The molecule has 0 saturated carbocycles. The van der Waals surface area contributed by atoms with Gasteiger partial charge in [0.25, 0.3) is 0 Å². The van der Waals surface area contributed by atoms with Gasteiger partial charge >= 0.3 is 5.97 Å². The maximum atomic E-state index is 11.1. The Morgan fingerprint density at radius 2 is 1.86 bits per heavy atom. The summed E-state index contributed by atoms with van der Waals surface area (Å²) < 4.78 is 26.4. The maximum Gasteiger partial charge on any atom is 0.333 e. The maximum absolute atomic E-state index is 11.1. The van der Waals surface area contributed by atoms with Crippen molar-refractivity contribution in [3.05, 3.63) is 25.0 Å². The highest BCUT2D eigenvalue weighted by Crippen LogP contribution is 2.16. The SMILES string of the molecule is C=COC(C)(C)OC(C)OC(C)OCCOC(=O)C(=C)C. The summed E-state index contributed by atoms with van der Waals surface area (Å²) in [6.45, 7) is 15.9. The highest BCUT2D eigenvalue weighted by atomic mass is 16.8. The van der Waals surface area contributed by atoms with Gasteiger partial charge < -0.3 is 23.7 Å². The zero-order valence-corrected chi connectivity index (χ0v) is 13.5. The molecule has 6 heteroatoms. The molecule has 0 aliphatic carbocycles. The Morgan fingerprint density at radius 3 is 2.38 bits per heavy atom. The quantitative estimate of drug-likeness (QED) is 0.192. The van der Waals surface area contributed by atoms with Gasteiger partial charge in [0, 0.05) is 19.4 Å². The number of carbonyl (C=O) groups is 1. The van der Waals surface area contributed by atoms with Crippen molar-refractivity contribution in [1.82, 2.24) is 0 Å². The van der Waals surface area contributed by atoms with Crippen LogP contribution in [0.3, 0.4) is 0 Å². The largest absolute Gasteiger partial charge is 0.471 e. The van der Waals surface area contributed by atoms with Gasteiger partial charge in [-0.15, -0.1) is 0 Å². The fourth-order valence-corrected chi connectivity index (χ4v) is 1.44. The topological polar surface area (TPSA) is 63.2 Å². The lowest BCUT2D eigenvalue weighted by atomic mass is 10.4. The fraction of sp³-hybridized carbons (Fsp3) is 0.667. The first kappa shape index (κ1) is 19.6. The molecule has 0 saturated heterocycles. The van der Waals surface area contributed by atoms with Gasteiger partial charge in [-0.05, 0) is 20.8 Å². The molecule has 0 aromatic heterocycles. The van der Waals surface area contributed by atoms with Crippen LogP contribution in [0.25, 0.3) is 0 Å². The van der Waals surface area contributed by atoms with E-state index in [4.69, 9.17) is 23.7 Å². The molecule has 0 amide bonds. The monoisotopic (exact) mass is 302 g/mol. The van der Waals surface area contributed by atoms with Crippen molar-refractivity contribution < 1.29 is 28.5 Å². The Morgan fingerprint density at radius 1 is 1.24 bits per heavy atom. The van der Waals surface area contributed by atoms with Gasteiger partial charge in [-0.25, -0.2) is 4.79 Å². The van der Waals surface area contributed by atoms with Gasteiger partial charge in [-0.1, -0.05) is 13.2 Å². The summed E-state index contributed by atoms with van der Waals surface area (Å²) in [4.78, 5) is 11.1. The van der Waals surface area contributed by atoms with Gasteiger partial charge in [0.1, 0.15) is 6.61 Å². The van der Waals surface area contributed by atoms with Crippen LogP contribution in [0, 0.1) is 0 Å². The first-order chi connectivity index (χ1) is 9.68.